The summed E-state index contributed by atoms with van der Waals surface area (Å²) < 4.78 is 26.9. The van der Waals surface area contributed by atoms with Gasteiger partial charge in [0.25, 0.3) is 5.92 Å². The molecule has 1 amide bonds. The zero-order valence-corrected chi connectivity index (χ0v) is 14.6. The first-order valence-corrected chi connectivity index (χ1v) is 9.03. The minimum atomic E-state index is -2.54. The van der Waals surface area contributed by atoms with Crippen LogP contribution in [0.5, 0.6) is 0 Å². The third kappa shape index (κ3) is 2.98. The average molecular weight is 350 g/mol. The molecular weight excluding hydrogens is 326 g/mol. The maximum absolute atomic E-state index is 13.4. The summed E-state index contributed by atoms with van der Waals surface area (Å²) in [5.41, 5.74) is 0.140. The number of alkyl halides is 2. The number of aromatic nitrogens is 2. The number of carbonyl (C=O) groups excluding carboxylic acids is 1. The van der Waals surface area contributed by atoms with Gasteiger partial charge in [-0.2, -0.15) is 0 Å². The van der Waals surface area contributed by atoms with Crippen LogP contribution in [0, 0.1) is 25.2 Å². The number of aryl methyl sites for hydroxylation is 2. The van der Waals surface area contributed by atoms with E-state index in [4.69, 9.17) is 0 Å². The van der Waals surface area contributed by atoms with E-state index >= 15 is 0 Å². The summed E-state index contributed by atoms with van der Waals surface area (Å²) in [5, 5.41) is 6.43. The van der Waals surface area contributed by atoms with Gasteiger partial charge in [0.1, 0.15) is 11.6 Å². The molecule has 3 fully saturated rings. The second kappa shape index (κ2) is 5.61. The molecule has 3 aliphatic rings. The second-order valence-corrected chi connectivity index (χ2v) is 8.07. The molecule has 0 radical (unpaired) electrons. The normalized spacial score (nSPS) is 35.3. The Hall–Kier alpha value is -1.79. The molecule has 1 heterocycles. The Kier molecular flexibility index (Phi) is 3.74. The predicted octanol–water partition coefficient (Wildman–Crippen LogP) is 2.98. The van der Waals surface area contributed by atoms with Crippen LogP contribution in [0.2, 0.25) is 0 Å². The molecule has 0 aliphatic heterocycles. The van der Waals surface area contributed by atoms with E-state index in [9.17, 15) is 13.6 Å². The fraction of sp³-hybridized carbons (Fsp3) is 0.722. The Balaban J connectivity index is 1.24. The Morgan fingerprint density at radius 3 is 2.64 bits per heavy atom. The van der Waals surface area contributed by atoms with Gasteiger partial charge >= 0.3 is 0 Å². The Labute approximate surface area is 146 Å². The summed E-state index contributed by atoms with van der Waals surface area (Å²) in [7, 11) is 0. The van der Waals surface area contributed by atoms with Crippen molar-refractivity contribution >= 4 is 11.7 Å². The van der Waals surface area contributed by atoms with Crippen molar-refractivity contribution in [2.24, 2.45) is 11.3 Å². The maximum Gasteiger partial charge on any atom is 0.254 e. The van der Waals surface area contributed by atoms with Crippen LogP contribution in [0.25, 0.3) is 0 Å². The quantitative estimate of drug-likeness (QED) is 0.876. The van der Waals surface area contributed by atoms with Crippen molar-refractivity contribution in [3.8, 4) is 0 Å². The molecule has 2 N–H and O–H groups in total. The number of nitrogens with zero attached hydrogens (tertiary/aromatic N) is 2. The zero-order chi connectivity index (χ0) is 17.8. The number of anilines is 1. The first-order valence-electron chi connectivity index (χ1n) is 9.03. The van der Waals surface area contributed by atoms with Crippen molar-refractivity contribution in [1.29, 1.82) is 0 Å². The summed E-state index contributed by atoms with van der Waals surface area (Å²) in [6, 6.07) is 0.408. The standard InChI is InChI=1S/C18H24F2N4O/c1-10-8-21-11(2)22-15(10)23-13-5-14(6-13)24-16(25)12-3-4-17(7-12)9-18(17,19)20/h8,12-14H,3-7,9H2,1-2H3,(H,24,25)(H,21,22,23). The summed E-state index contributed by atoms with van der Waals surface area (Å²) >= 11 is 0. The highest BCUT2D eigenvalue weighted by Gasteiger charge is 2.72. The topological polar surface area (TPSA) is 66.9 Å². The molecule has 136 valence electrons. The van der Waals surface area contributed by atoms with E-state index in [1.165, 1.54) is 0 Å². The largest absolute Gasteiger partial charge is 0.367 e. The molecule has 0 saturated heterocycles. The second-order valence-electron chi connectivity index (χ2n) is 8.07. The first-order chi connectivity index (χ1) is 11.8. The molecule has 4 rings (SSSR count). The van der Waals surface area contributed by atoms with Gasteiger partial charge in [-0.05, 0) is 46.0 Å². The number of halogens is 2. The van der Waals surface area contributed by atoms with E-state index in [1.807, 2.05) is 13.8 Å². The summed E-state index contributed by atoms with van der Waals surface area (Å²) in [4.78, 5) is 20.9. The average Bonchev–Trinajstić information content (AvgIpc) is 2.85. The smallest absolute Gasteiger partial charge is 0.254 e. The molecule has 5 nitrogen and oxygen atoms in total. The highest BCUT2D eigenvalue weighted by molar-refractivity contribution is 5.79. The lowest BCUT2D eigenvalue weighted by atomic mass is 9.86. The molecule has 0 aromatic carbocycles. The number of carbonyl (C=O) groups is 1. The van der Waals surface area contributed by atoms with Crippen molar-refractivity contribution in [2.75, 3.05) is 5.32 Å². The van der Waals surface area contributed by atoms with Crippen LogP contribution in [0.3, 0.4) is 0 Å². The van der Waals surface area contributed by atoms with Crippen molar-refractivity contribution in [1.82, 2.24) is 15.3 Å². The molecule has 1 spiro atoms. The fourth-order valence-electron chi connectivity index (χ4n) is 4.27. The summed E-state index contributed by atoms with van der Waals surface area (Å²) in [5.74, 6) is -1.26. The lowest BCUT2D eigenvalue weighted by molar-refractivity contribution is -0.126. The number of nitrogens with one attached hydrogen (secondary N) is 2. The van der Waals surface area contributed by atoms with Gasteiger partial charge in [-0.1, -0.05) is 0 Å². The van der Waals surface area contributed by atoms with Crippen LogP contribution in [0.1, 0.15) is 49.9 Å². The van der Waals surface area contributed by atoms with Crippen molar-refractivity contribution in [3.63, 3.8) is 0 Å². The van der Waals surface area contributed by atoms with E-state index in [0.29, 0.717) is 19.3 Å². The van der Waals surface area contributed by atoms with Crippen LogP contribution in [0.15, 0.2) is 6.20 Å². The lowest BCUT2D eigenvalue weighted by Gasteiger charge is -2.37. The minimum Gasteiger partial charge on any atom is -0.367 e. The van der Waals surface area contributed by atoms with Gasteiger partial charge in [-0.3, -0.25) is 4.79 Å². The maximum atomic E-state index is 13.4. The fourth-order valence-corrected chi connectivity index (χ4v) is 4.27. The van der Waals surface area contributed by atoms with Gasteiger partial charge in [0.15, 0.2) is 0 Å². The molecule has 0 bridgehead atoms. The molecule has 2 unspecified atom stereocenters. The highest BCUT2D eigenvalue weighted by atomic mass is 19.3. The molecule has 7 heteroatoms. The van der Waals surface area contributed by atoms with Gasteiger partial charge < -0.3 is 10.6 Å². The minimum absolute atomic E-state index is 0.0308. The number of rotatable bonds is 4. The Morgan fingerprint density at radius 1 is 1.28 bits per heavy atom. The number of hydrogen-bond donors (Lipinski definition) is 2. The van der Waals surface area contributed by atoms with Crippen LogP contribution in [-0.2, 0) is 4.79 Å². The van der Waals surface area contributed by atoms with E-state index in [2.05, 4.69) is 20.6 Å². The van der Waals surface area contributed by atoms with E-state index in [1.54, 1.807) is 6.20 Å². The monoisotopic (exact) mass is 350 g/mol. The molecule has 1 aromatic rings. The van der Waals surface area contributed by atoms with Gasteiger partial charge in [0.05, 0.1) is 0 Å². The zero-order valence-electron chi connectivity index (χ0n) is 14.6. The van der Waals surface area contributed by atoms with Crippen molar-refractivity contribution in [3.05, 3.63) is 17.6 Å². The molecule has 25 heavy (non-hydrogen) atoms. The van der Waals surface area contributed by atoms with Gasteiger partial charge in [-0.25, -0.2) is 18.7 Å². The van der Waals surface area contributed by atoms with Crippen LogP contribution < -0.4 is 10.6 Å². The predicted molar refractivity (Wildman–Crippen MR) is 89.4 cm³/mol. The third-order valence-corrected chi connectivity index (χ3v) is 6.11. The lowest BCUT2D eigenvalue weighted by Crippen LogP contribution is -2.51. The van der Waals surface area contributed by atoms with Gasteiger partial charge in [0, 0.05) is 41.6 Å². The molecule has 3 aliphatic carbocycles. The van der Waals surface area contributed by atoms with E-state index in [-0.39, 0.29) is 30.3 Å². The molecule has 1 aromatic heterocycles. The van der Waals surface area contributed by atoms with Crippen LogP contribution >= 0.6 is 0 Å². The van der Waals surface area contributed by atoms with Crippen LogP contribution in [0.4, 0.5) is 14.6 Å². The summed E-state index contributed by atoms with van der Waals surface area (Å²) in [6.07, 6.45) is 4.86. The molecule has 3 saturated carbocycles. The van der Waals surface area contributed by atoms with E-state index < -0.39 is 11.3 Å². The summed E-state index contributed by atoms with van der Waals surface area (Å²) in [6.45, 7) is 3.81. The first kappa shape index (κ1) is 16.7. The van der Waals surface area contributed by atoms with Gasteiger partial charge in [-0.15, -0.1) is 0 Å². The van der Waals surface area contributed by atoms with Crippen molar-refractivity contribution < 1.29 is 13.6 Å². The van der Waals surface area contributed by atoms with Gasteiger partial charge in [0.2, 0.25) is 5.91 Å². The highest BCUT2D eigenvalue weighted by Crippen LogP contribution is 2.69. The Morgan fingerprint density at radius 2 is 2.00 bits per heavy atom. The Bertz CT molecular complexity index is 704. The number of hydrogen-bond acceptors (Lipinski definition) is 4. The third-order valence-electron chi connectivity index (χ3n) is 6.11. The SMILES string of the molecule is Cc1ncc(C)c(NC2CC(NC(=O)C3CCC4(C3)CC4(F)F)C2)n1. The number of amides is 1. The van der Waals surface area contributed by atoms with E-state index in [0.717, 1.165) is 30.0 Å². The van der Waals surface area contributed by atoms with Crippen LogP contribution in [-0.4, -0.2) is 33.9 Å². The van der Waals surface area contributed by atoms with Crippen molar-refractivity contribution in [2.45, 2.75) is 70.4 Å². The molecular formula is C18H24F2N4O. The molecule has 2 atom stereocenters.